The zero-order valence-corrected chi connectivity index (χ0v) is 20.0. The van der Waals surface area contributed by atoms with Gasteiger partial charge in [-0.2, -0.15) is 13.2 Å². The van der Waals surface area contributed by atoms with Gasteiger partial charge in [0, 0.05) is 18.7 Å². The number of nitrogens with zero attached hydrogens (tertiary/aromatic N) is 2. The standard InChI is InChI=1S/C20H18F3N3O5S3/c1-11(28)24-8-15-19(33-18(9-27)25-15)16-10-32-17(26-16)7-13(29)6-12-2-4-14(5-3-12)34(30,31)20(21,22)23/h2-5,10,27H,6-9H2,1H3,(H,24,28). The van der Waals surface area contributed by atoms with E-state index in [0.29, 0.717) is 31.8 Å². The van der Waals surface area contributed by atoms with E-state index in [1.165, 1.54) is 41.7 Å². The first-order valence-electron chi connectivity index (χ1n) is 9.61. The van der Waals surface area contributed by atoms with Gasteiger partial charge in [0.05, 0.1) is 40.7 Å². The van der Waals surface area contributed by atoms with Crippen molar-refractivity contribution in [1.82, 2.24) is 15.3 Å². The third kappa shape index (κ3) is 6.05. The quantitative estimate of drug-likeness (QED) is 0.433. The first-order chi connectivity index (χ1) is 15.9. The van der Waals surface area contributed by atoms with Crippen LogP contribution in [-0.4, -0.2) is 40.7 Å². The van der Waals surface area contributed by atoms with Crippen LogP contribution in [0.15, 0.2) is 34.5 Å². The summed E-state index contributed by atoms with van der Waals surface area (Å²) in [7, 11) is -5.44. The monoisotopic (exact) mass is 533 g/mol. The number of benzene rings is 1. The number of thiazole rings is 2. The fourth-order valence-electron chi connectivity index (χ4n) is 2.87. The van der Waals surface area contributed by atoms with Crippen molar-refractivity contribution < 1.29 is 36.3 Å². The topological polar surface area (TPSA) is 126 Å². The maximum absolute atomic E-state index is 12.6. The van der Waals surface area contributed by atoms with E-state index in [4.69, 9.17) is 0 Å². The van der Waals surface area contributed by atoms with Crippen molar-refractivity contribution >= 4 is 44.2 Å². The Morgan fingerprint density at radius 3 is 2.35 bits per heavy atom. The number of carbonyl (C=O) groups is 2. The number of carbonyl (C=O) groups excluding carboxylic acids is 2. The molecule has 0 atom stereocenters. The van der Waals surface area contributed by atoms with Crippen LogP contribution in [0.1, 0.15) is 28.2 Å². The molecule has 0 saturated heterocycles. The summed E-state index contributed by atoms with van der Waals surface area (Å²) < 4.78 is 60.8. The van der Waals surface area contributed by atoms with E-state index in [2.05, 4.69) is 15.3 Å². The molecule has 3 rings (SSSR count). The van der Waals surface area contributed by atoms with Crippen LogP contribution in [0.25, 0.3) is 10.6 Å². The van der Waals surface area contributed by atoms with Crippen LogP contribution in [-0.2, 0) is 45.4 Å². The molecule has 0 bridgehead atoms. The van der Waals surface area contributed by atoms with Crippen molar-refractivity contribution in [3.63, 3.8) is 0 Å². The zero-order valence-electron chi connectivity index (χ0n) is 17.5. The minimum absolute atomic E-state index is 0.0278. The average Bonchev–Trinajstić information content (AvgIpc) is 3.38. The Balaban J connectivity index is 1.69. The largest absolute Gasteiger partial charge is 0.501 e. The highest BCUT2D eigenvalue weighted by atomic mass is 32.2. The van der Waals surface area contributed by atoms with E-state index in [0.717, 1.165) is 12.1 Å². The summed E-state index contributed by atoms with van der Waals surface area (Å²) in [5.41, 5.74) is -3.94. The second kappa shape index (κ2) is 10.3. The number of ketones is 1. The van der Waals surface area contributed by atoms with Crippen molar-refractivity contribution in [2.45, 2.75) is 43.3 Å². The predicted octanol–water partition coefficient (Wildman–Crippen LogP) is 3.04. The Morgan fingerprint density at radius 2 is 1.76 bits per heavy atom. The maximum atomic E-state index is 12.6. The van der Waals surface area contributed by atoms with Crippen molar-refractivity contribution in [3.8, 4) is 10.6 Å². The first-order valence-corrected chi connectivity index (χ1v) is 12.8. The van der Waals surface area contributed by atoms with Gasteiger partial charge in [0.2, 0.25) is 5.91 Å². The molecular weight excluding hydrogens is 515 g/mol. The van der Waals surface area contributed by atoms with E-state index in [9.17, 15) is 36.3 Å². The summed E-state index contributed by atoms with van der Waals surface area (Å²) in [5, 5.41) is 14.7. The molecule has 0 fully saturated rings. The number of alkyl halides is 3. The highest BCUT2D eigenvalue weighted by Gasteiger charge is 2.46. The zero-order chi connectivity index (χ0) is 25.1. The Labute approximate surface area is 200 Å². The molecule has 0 radical (unpaired) electrons. The van der Waals surface area contributed by atoms with Gasteiger partial charge in [-0.15, -0.1) is 22.7 Å². The molecule has 3 aromatic rings. The van der Waals surface area contributed by atoms with E-state index in [1.807, 2.05) is 0 Å². The molecule has 0 saturated carbocycles. The lowest BCUT2D eigenvalue weighted by Crippen LogP contribution is -2.23. The van der Waals surface area contributed by atoms with Crippen molar-refractivity contribution in [2.24, 2.45) is 0 Å². The average molecular weight is 534 g/mol. The number of hydrogen-bond acceptors (Lipinski definition) is 9. The van der Waals surface area contributed by atoms with E-state index >= 15 is 0 Å². The van der Waals surface area contributed by atoms with Gasteiger partial charge in [0.15, 0.2) is 0 Å². The van der Waals surface area contributed by atoms with Gasteiger partial charge >= 0.3 is 5.51 Å². The highest BCUT2D eigenvalue weighted by Crippen LogP contribution is 2.32. The molecule has 2 aromatic heterocycles. The van der Waals surface area contributed by atoms with Crippen molar-refractivity contribution in [3.05, 3.63) is 50.9 Å². The minimum atomic E-state index is -5.44. The second-order valence-electron chi connectivity index (χ2n) is 7.06. The highest BCUT2D eigenvalue weighted by molar-refractivity contribution is 7.92. The van der Waals surface area contributed by atoms with Crippen LogP contribution in [0.4, 0.5) is 13.2 Å². The van der Waals surface area contributed by atoms with Gasteiger partial charge in [0.25, 0.3) is 9.84 Å². The number of rotatable bonds is 9. The van der Waals surface area contributed by atoms with Crippen molar-refractivity contribution in [1.29, 1.82) is 0 Å². The van der Waals surface area contributed by atoms with Gasteiger partial charge in [-0.1, -0.05) is 12.1 Å². The lowest BCUT2D eigenvalue weighted by atomic mass is 10.1. The third-order valence-corrected chi connectivity index (χ3v) is 7.91. The van der Waals surface area contributed by atoms with Crippen molar-refractivity contribution in [2.75, 3.05) is 0 Å². The minimum Gasteiger partial charge on any atom is -0.389 e. The summed E-state index contributed by atoms with van der Waals surface area (Å²) in [6.07, 6.45) is -0.135. The number of amides is 1. The number of aliphatic hydroxyl groups excluding tert-OH is 1. The molecule has 0 aliphatic heterocycles. The predicted molar refractivity (Wildman–Crippen MR) is 119 cm³/mol. The van der Waals surface area contributed by atoms with Crippen LogP contribution < -0.4 is 5.32 Å². The van der Waals surface area contributed by atoms with Crippen LogP contribution >= 0.6 is 22.7 Å². The van der Waals surface area contributed by atoms with Crippen LogP contribution in [0.3, 0.4) is 0 Å². The van der Waals surface area contributed by atoms with E-state index in [1.54, 1.807) is 5.38 Å². The smallest absolute Gasteiger partial charge is 0.389 e. The number of halogens is 3. The molecule has 34 heavy (non-hydrogen) atoms. The normalized spacial score (nSPS) is 12.0. The van der Waals surface area contributed by atoms with Gasteiger partial charge in [-0.05, 0) is 17.7 Å². The SMILES string of the molecule is CC(=O)NCc1nc(CO)sc1-c1csc(CC(=O)Cc2ccc(S(=O)(=O)C(F)(F)F)cc2)n1. The van der Waals surface area contributed by atoms with Crippen LogP contribution in [0.5, 0.6) is 0 Å². The maximum Gasteiger partial charge on any atom is 0.501 e. The molecule has 0 aliphatic rings. The number of aliphatic hydroxyl groups is 1. The molecule has 2 heterocycles. The number of sulfone groups is 1. The van der Waals surface area contributed by atoms with Gasteiger partial charge in [-0.25, -0.2) is 18.4 Å². The first kappa shape index (κ1) is 25.9. The Bertz CT molecular complexity index is 1300. The molecule has 1 amide bonds. The van der Waals surface area contributed by atoms with Crippen LogP contribution in [0.2, 0.25) is 0 Å². The van der Waals surface area contributed by atoms with Gasteiger partial charge in [-0.3, -0.25) is 9.59 Å². The molecule has 8 nitrogen and oxygen atoms in total. The Morgan fingerprint density at radius 1 is 1.09 bits per heavy atom. The molecule has 182 valence electrons. The van der Waals surface area contributed by atoms with E-state index in [-0.39, 0.29) is 37.7 Å². The summed E-state index contributed by atoms with van der Waals surface area (Å²) in [6.45, 7) is 1.26. The number of hydrogen-bond donors (Lipinski definition) is 2. The van der Waals surface area contributed by atoms with Crippen LogP contribution in [0, 0.1) is 0 Å². The van der Waals surface area contributed by atoms with Gasteiger partial charge < -0.3 is 10.4 Å². The second-order valence-corrected chi connectivity index (χ2v) is 11.0. The fraction of sp³-hybridized carbons (Fsp3) is 0.300. The number of aromatic nitrogens is 2. The molecule has 0 aliphatic carbocycles. The lowest BCUT2D eigenvalue weighted by molar-refractivity contribution is -0.119. The molecule has 1 aromatic carbocycles. The van der Waals surface area contributed by atoms with Gasteiger partial charge in [0.1, 0.15) is 15.8 Å². The molecule has 0 spiro atoms. The number of nitrogens with one attached hydrogen (secondary N) is 1. The lowest BCUT2D eigenvalue weighted by Gasteiger charge is -2.08. The molecule has 14 heteroatoms. The summed E-state index contributed by atoms with van der Waals surface area (Å²) in [5.74, 6) is -0.496. The Kier molecular flexibility index (Phi) is 7.85. The summed E-state index contributed by atoms with van der Waals surface area (Å²) >= 11 is 2.46. The fourth-order valence-corrected chi connectivity index (χ4v) is 5.42. The Hall–Kier alpha value is -2.68. The summed E-state index contributed by atoms with van der Waals surface area (Å²) in [6, 6.07) is 4.00. The number of Topliss-reactive ketones (excluding diaryl/α,β-unsaturated/α-hetero) is 1. The van der Waals surface area contributed by atoms with E-state index < -0.39 is 20.2 Å². The third-order valence-electron chi connectivity index (χ3n) is 4.45. The molecule has 2 N–H and O–H groups in total. The molecular formula is C20H18F3N3O5S3. The molecule has 0 unspecified atom stereocenters. The summed E-state index contributed by atoms with van der Waals surface area (Å²) in [4.78, 5) is 32.2.